The zero-order chi connectivity index (χ0) is 20.3. The summed E-state index contributed by atoms with van der Waals surface area (Å²) in [6.07, 6.45) is 0. The number of hydrogen-bond donors (Lipinski definition) is 1. The molecule has 0 unspecified atom stereocenters. The molecule has 148 valence electrons. The van der Waals surface area contributed by atoms with Crippen LogP contribution in [-0.4, -0.2) is 36.7 Å². The Bertz CT molecular complexity index is 1070. The lowest BCUT2D eigenvalue weighted by Gasteiger charge is -2.19. The molecule has 1 aromatic heterocycles. The van der Waals surface area contributed by atoms with Gasteiger partial charge >= 0.3 is 0 Å². The number of thiazole rings is 1. The molecule has 6 nitrogen and oxygen atoms in total. The minimum Gasteiger partial charge on any atom is -0.346 e. The van der Waals surface area contributed by atoms with E-state index in [1.165, 1.54) is 21.7 Å². The summed E-state index contributed by atoms with van der Waals surface area (Å²) in [5.74, 6) is -0.312. The maximum absolute atomic E-state index is 12.7. The summed E-state index contributed by atoms with van der Waals surface area (Å²) in [7, 11) is -3.62. The third kappa shape index (κ3) is 4.09. The quantitative estimate of drug-likeness (QED) is 0.637. The van der Waals surface area contributed by atoms with Gasteiger partial charge < -0.3 is 5.32 Å². The van der Waals surface area contributed by atoms with Crippen LogP contribution < -0.4 is 5.32 Å². The van der Waals surface area contributed by atoms with Crippen LogP contribution in [-0.2, 0) is 16.6 Å². The Hall–Kier alpha value is -2.29. The predicted molar refractivity (Wildman–Crippen MR) is 112 cm³/mol. The highest BCUT2D eigenvalue weighted by Crippen LogP contribution is 2.22. The fourth-order valence-corrected chi connectivity index (χ4v) is 5.36. The van der Waals surface area contributed by atoms with Crippen LogP contribution >= 0.6 is 11.3 Å². The molecule has 1 N–H and O–H groups in total. The standard InChI is InChI=1S/C20H23N3O3S2/c1-4-23(5-2)28(25,26)15-11-10-14(3)16(12-15)20(24)21-13-19-22-17-8-6-7-9-18(17)27-19/h6-12H,4-5,13H2,1-3H3,(H,21,24). The molecule has 0 saturated carbocycles. The van der Waals surface area contributed by atoms with Gasteiger partial charge in [-0.2, -0.15) is 4.31 Å². The number of carbonyl (C=O) groups excluding carboxylic acids is 1. The molecule has 1 amide bonds. The molecule has 0 atom stereocenters. The van der Waals surface area contributed by atoms with Crippen molar-refractivity contribution in [2.24, 2.45) is 0 Å². The van der Waals surface area contributed by atoms with Gasteiger partial charge in [-0.3, -0.25) is 4.79 Å². The third-order valence-corrected chi connectivity index (χ3v) is 7.62. The average molecular weight is 418 g/mol. The van der Waals surface area contributed by atoms with E-state index in [1.54, 1.807) is 32.9 Å². The molecule has 0 spiro atoms. The van der Waals surface area contributed by atoms with Crippen molar-refractivity contribution in [2.45, 2.75) is 32.2 Å². The number of aryl methyl sites for hydroxylation is 1. The summed E-state index contributed by atoms with van der Waals surface area (Å²) >= 11 is 1.53. The van der Waals surface area contributed by atoms with E-state index >= 15 is 0 Å². The Labute approximate surface area is 169 Å². The number of benzene rings is 2. The van der Waals surface area contributed by atoms with Gasteiger partial charge in [0.15, 0.2) is 0 Å². The monoisotopic (exact) mass is 417 g/mol. The van der Waals surface area contributed by atoms with E-state index in [9.17, 15) is 13.2 Å². The van der Waals surface area contributed by atoms with E-state index in [2.05, 4.69) is 10.3 Å². The number of hydrogen-bond acceptors (Lipinski definition) is 5. The number of para-hydroxylation sites is 1. The Morgan fingerprint density at radius 2 is 1.86 bits per heavy atom. The van der Waals surface area contributed by atoms with Crippen LogP contribution in [0.25, 0.3) is 10.2 Å². The SMILES string of the molecule is CCN(CC)S(=O)(=O)c1ccc(C)c(C(=O)NCc2nc3ccccc3s2)c1. The summed E-state index contributed by atoms with van der Waals surface area (Å²) in [5.41, 5.74) is 1.98. The number of amides is 1. The lowest BCUT2D eigenvalue weighted by atomic mass is 10.1. The van der Waals surface area contributed by atoms with E-state index in [0.717, 1.165) is 20.8 Å². The second-order valence-corrected chi connectivity index (χ2v) is 9.38. The van der Waals surface area contributed by atoms with E-state index in [0.29, 0.717) is 25.2 Å². The third-order valence-electron chi connectivity index (χ3n) is 4.54. The fourth-order valence-electron chi connectivity index (χ4n) is 2.97. The van der Waals surface area contributed by atoms with Crippen molar-refractivity contribution >= 4 is 37.5 Å². The molecule has 1 heterocycles. The van der Waals surface area contributed by atoms with Gasteiger partial charge in [-0.15, -0.1) is 11.3 Å². The molecule has 0 radical (unpaired) electrons. The van der Waals surface area contributed by atoms with Crippen LogP contribution in [0, 0.1) is 6.92 Å². The highest BCUT2D eigenvalue weighted by molar-refractivity contribution is 7.89. The van der Waals surface area contributed by atoms with Gasteiger partial charge in [0.25, 0.3) is 5.91 Å². The summed E-state index contributed by atoms with van der Waals surface area (Å²) in [6, 6.07) is 12.5. The Morgan fingerprint density at radius 3 is 2.54 bits per heavy atom. The predicted octanol–water partition coefficient (Wildman–Crippen LogP) is 3.57. The average Bonchev–Trinajstić information content (AvgIpc) is 3.10. The van der Waals surface area contributed by atoms with Gasteiger partial charge in [-0.05, 0) is 36.8 Å². The zero-order valence-corrected chi connectivity index (χ0v) is 17.7. The smallest absolute Gasteiger partial charge is 0.251 e. The Kier molecular flexibility index (Phi) is 6.12. The zero-order valence-electron chi connectivity index (χ0n) is 16.1. The number of aromatic nitrogens is 1. The second kappa shape index (κ2) is 8.38. The van der Waals surface area contributed by atoms with Crippen molar-refractivity contribution in [2.75, 3.05) is 13.1 Å². The van der Waals surface area contributed by atoms with Crippen molar-refractivity contribution in [3.05, 3.63) is 58.6 Å². The van der Waals surface area contributed by atoms with Crippen molar-refractivity contribution in [1.82, 2.24) is 14.6 Å². The highest BCUT2D eigenvalue weighted by atomic mass is 32.2. The van der Waals surface area contributed by atoms with E-state index < -0.39 is 10.0 Å². The van der Waals surface area contributed by atoms with E-state index in [-0.39, 0.29) is 10.8 Å². The lowest BCUT2D eigenvalue weighted by molar-refractivity contribution is 0.0950. The van der Waals surface area contributed by atoms with Gasteiger partial charge in [0.1, 0.15) is 5.01 Å². The molecule has 3 aromatic rings. The van der Waals surface area contributed by atoms with Crippen molar-refractivity contribution in [3.8, 4) is 0 Å². The molecule has 0 aliphatic heterocycles. The van der Waals surface area contributed by atoms with Crippen LogP contribution in [0.15, 0.2) is 47.4 Å². The Balaban J connectivity index is 1.81. The first-order chi connectivity index (χ1) is 13.4. The van der Waals surface area contributed by atoms with Gasteiger partial charge in [0.05, 0.1) is 21.7 Å². The number of fused-ring (bicyclic) bond motifs is 1. The molecule has 3 rings (SSSR count). The van der Waals surface area contributed by atoms with Crippen molar-refractivity contribution in [3.63, 3.8) is 0 Å². The van der Waals surface area contributed by atoms with Crippen LogP contribution in [0.1, 0.15) is 34.8 Å². The molecule has 2 aromatic carbocycles. The van der Waals surface area contributed by atoms with Crippen LogP contribution in [0.3, 0.4) is 0 Å². The molecule has 0 aliphatic rings. The molecule has 0 fully saturated rings. The van der Waals surface area contributed by atoms with Gasteiger partial charge in [0, 0.05) is 18.7 Å². The summed E-state index contributed by atoms with van der Waals surface area (Å²) in [6.45, 7) is 6.43. The largest absolute Gasteiger partial charge is 0.346 e. The molecule has 0 aliphatic carbocycles. The van der Waals surface area contributed by atoms with Gasteiger partial charge in [-0.1, -0.05) is 32.0 Å². The molecular formula is C20H23N3O3S2. The first kappa shape index (κ1) is 20.4. The van der Waals surface area contributed by atoms with Crippen molar-refractivity contribution in [1.29, 1.82) is 0 Å². The van der Waals surface area contributed by atoms with Crippen molar-refractivity contribution < 1.29 is 13.2 Å². The number of sulfonamides is 1. The molecule has 8 heteroatoms. The molecule has 0 saturated heterocycles. The summed E-state index contributed by atoms with van der Waals surface area (Å²) < 4.78 is 27.9. The van der Waals surface area contributed by atoms with E-state index in [4.69, 9.17) is 0 Å². The first-order valence-electron chi connectivity index (χ1n) is 9.10. The number of rotatable bonds is 7. The lowest BCUT2D eigenvalue weighted by Crippen LogP contribution is -2.31. The molecule has 0 bridgehead atoms. The second-order valence-electron chi connectivity index (χ2n) is 6.32. The summed E-state index contributed by atoms with van der Waals surface area (Å²) in [5, 5.41) is 3.66. The number of carbonyl (C=O) groups is 1. The fraction of sp³-hybridized carbons (Fsp3) is 0.300. The normalized spacial score (nSPS) is 11.9. The number of nitrogens with one attached hydrogen (secondary N) is 1. The number of nitrogens with zero attached hydrogens (tertiary/aromatic N) is 2. The maximum Gasteiger partial charge on any atom is 0.251 e. The highest BCUT2D eigenvalue weighted by Gasteiger charge is 2.23. The maximum atomic E-state index is 12.7. The van der Waals surface area contributed by atoms with E-state index in [1.807, 2.05) is 24.3 Å². The molecule has 28 heavy (non-hydrogen) atoms. The van der Waals surface area contributed by atoms with Gasteiger partial charge in [0.2, 0.25) is 10.0 Å². The summed E-state index contributed by atoms with van der Waals surface area (Å²) in [4.78, 5) is 17.3. The minimum atomic E-state index is -3.62. The van der Waals surface area contributed by atoms with Crippen LogP contribution in [0.2, 0.25) is 0 Å². The van der Waals surface area contributed by atoms with Crippen LogP contribution in [0.5, 0.6) is 0 Å². The topological polar surface area (TPSA) is 79.4 Å². The minimum absolute atomic E-state index is 0.131. The van der Waals surface area contributed by atoms with Crippen LogP contribution in [0.4, 0.5) is 0 Å². The van der Waals surface area contributed by atoms with Gasteiger partial charge in [-0.25, -0.2) is 13.4 Å². The molecular weight excluding hydrogens is 394 g/mol. The Morgan fingerprint density at radius 1 is 1.14 bits per heavy atom. The first-order valence-corrected chi connectivity index (χ1v) is 11.4.